The molecule has 1 rings (SSSR count). The van der Waals surface area contributed by atoms with E-state index in [4.69, 9.17) is 4.74 Å². The van der Waals surface area contributed by atoms with Crippen molar-refractivity contribution in [3.8, 4) is 5.75 Å². The van der Waals surface area contributed by atoms with Crippen LogP contribution >= 0.6 is 0 Å². The van der Waals surface area contributed by atoms with Gasteiger partial charge in [0.15, 0.2) is 6.61 Å². The Bertz CT molecular complexity index is 443. The summed E-state index contributed by atoms with van der Waals surface area (Å²) in [5.74, 6) is 0.420. The van der Waals surface area contributed by atoms with E-state index in [-0.39, 0.29) is 6.61 Å². The highest BCUT2D eigenvalue weighted by molar-refractivity contribution is 5.94. The van der Waals surface area contributed by atoms with Crippen molar-refractivity contribution < 1.29 is 14.3 Å². The fourth-order valence-corrected chi connectivity index (χ4v) is 1.37. The topological polar surface area (TPSA) is 79.5 Å². The van der Waals surface area contributed by atoms with Crippen molar-refractivity contribution in [2.75, 3.05) is 25.5 Å². The Labute approximate surface area is 118 Å². The van der Waals surface area contributed by atoms with E-state index in [1.54, 1.807) is 12.1 Å². The second kappa shape index (κ2) is 8.04. The van der Waals surface area contributed by atoms with E-state index >= 15 is 0 Å². The summed E-state index contributed by atoms with van der Waals surface area (Å²) in [4.78, 5) is 22.8. The van der Waals surface area contributed by atoms with Crippen LogP contribution in [0.15, 0.2) is 24.3 Å². The predicted octanol–water partition coefficient (Wildman–Crippen LogP) is 1.59. The molecule has 1 aromatic rings. The lowest BCUT2D eigenvalue weighted by atomic mass is 10.2. The zero-order valence-electron chi connectivity index (χ0n) is 12.0. The van der Waals surface area contributed by atoms with Gasteiger partial charge in [0.05, 0.1) is 0 Å². The Morgan fingerprint density at radius 1 is 1.20 bits per heavy atom. The average Bonchev–Trinajstić information content (AvgIpc) is 2.43. The molecule has 0 fully saturated rings. The minimum absolute atomic E-state index is 0.200. The molecule has 3 N–H and O–H groups in total. The first-order valence-electron chi connectivity index (χ1n) is 6.49. The molecule has 0 saturated carbocycles. The zero-order chi connectivity index (χ0) is 15.0. The van der Waals surface area contributed by atoms with Gasteiger partial charge in [-0.2, -0.15) is 0 Å². The van der Waals surface area contributed by atoms with Gasteiger partial charge in [-0.3, -0.25) is 10.1 Å². The van der Waals surface area contributed by atoms with Crippen LogP contribution in [-0.4, -0.2) is 32.1 Å². The third kappa shape index (κ3) is 6.08. The molecule has 110 valence electrons. The summed E-state index contributed by atoms with van der Waals surface area (Å²) < 4.78 is 5.27. The molecule has 0 aliphatic rings. The molecule has 6 nitrogen and oxygen atoms in total. The first kappa shape index (κ1) is 15.8. The average molecular weight is 279 g/mol. The first-order chi connectivity index (χ1) is 9.51. The van der Waals surface area contributed by atoms with Gasteiger partial charge in [-0.25, -0.2) is 4.79 Å². The molecule has 0 unspecified atom stereocenters. The molecule has 1 aromatic carbocycles. The molecule has 0 saturated heterocycles. The molecular formula is C14H21N3O3. The number of nitrogens with one attached hydrogen (secondary N) is 3. The number of benzene rings is 1. The molecule has 0 aromatic heterocycles. The van der Waals surface area contributed by atoms with Crippen LogP contribution in [0, 0.1) is 5.92 Å². The van der Waals surface area contributed by atoms with Gasteiger partial charge in [0.1, 0.15) is 5.75 Å². The van der Waals surface area contributed by atoms with Crippen LogP contribution in [0.5, 0.6) is 5.75 Å². The molecule has 0 radical (unpaired) electrons. The van der Waals surface area contributed by atoms with Gasteiger partial charge in [-0.05, 0) is 30.2 Å². The van der Waals surface area contributed by atoms with E-state index in [1.807, 2.05) is 33.0 Å². The summed E-state index contributed by atoms with van der Waals surface area (Å²) in [5, 5.41) is 7.77. The maximum Gasteiger partial charge on any atom is 0.321 e. The zero-order valence-corrected chi connectivity index (χ0v) is 12.0. The molecule has 6 heteroatoms. The Kier molecular flexibility index (Phi) is 6.36. The van der Waals surface area contributed by atoms with Crippen molar-refractivity contribution in [1.29, 1.82) is 0 Å². The number of hydrogen-bond acceptors (Lipinski definition) is 4. The van der Waals surface area contributed by atoms with Crippen LogP contribution in [0.25, 0.3) is 0 Å². The van der Waals surface area contributed by atoms with Crippen molar-refractivity contribution in [2.45, 2.75) is 13.8 Å². The second-order valence-electron chi connectivity index (χ2n) is 4.72. The number of anilines is 1. The number of amides is 3. The number of ether oxygens (including phenoxy) is 1. The molecule has 3 amide bonds. The third-order valence-corrected chi connectivity index (χ3v) is 2.44. The van der Waals surface area contributed by atoms with Gasteiger partial charge >= 0.3 is 6.03 Å². The summed E-state index contributed by atoms with van der Waals surface area (Å²) >= 11 is 0. The first-order valence-corrected chi connectivity index (χ1v) is 6.49. The highest BCUT2D eigenvalue weighted by Gasteiger charge is 2.08. The van der Waals surface area contributed by atoms with E-state index in [1.165, 1.54) is 0 Å². The molecule has 0 spiro atoms. The monoisotopic (exact) mass is 279 g/mol. The summed E-state index contributed by atoms with van der Waals surface area (Å²) in [6.07, 6.45) is 0. The van der Waals surface area contributed by atoms with Crippen LogP contribution in [0.3, 0.4) is 0 Å². The lowest BCUT2D eigenvalue weighted by Gasteiger charge is -2.09. The van der Waals surface area contributed by atoms with Gasteiger partial charge in [0, 0.05) is 19.3 Å². The molecule has 0 bridgehead atoms. The van der Waals surface area contributed by atoms with Crippen LogP contribution in [0.1, 0.15) is 13.8 Å². The second-order valence-corrected chi connectivity index (χ2v) is 4.72. The fraction of sp³-hybridized carbons (Fsp3) is 0.429. The Morgan fingerprint density at radius 2 is 1.85 bits per heavy atom. The summed E-state index contributed by atoms with van der Waals surface area (Å²) in [6.45, 7) is 4.26. The van der Waals surface area contributed by atoms with E-state index in [2.05, 4.69) is 16.0 Å². The number of urea groups is 1. The van der Waals surface area contributed by atoms with Crippen LogP contribution < -0.4 is 20.7 Å². The molecule has 0 aliphatic carbocycles. The van der Waals surface area contributed by atoms with Gasteiger partial charge < -0.3 is 15.4 Å². The Hall–Kier alpha value is -2.24. The van der Waals surface area contributed by atoms with E-state index < -0.39 is 11.9 Å². The highest BCUT2D eigenvalue weighted by Crippen LogP contribution is 2.14. The highest BCUT2D eigenvalue weighted by atomic mass is 16.5. The number of carbonyl (C=O) groups is 2. The summed E-state index contributed by atoms with van der Waals surface area (Å²) in [5.41, 5.74) is 0.954. The predicted molar refractivity (Wildman–Crippen MR) is 77.9 cm³/mol. The number of carbonyl (C=O) groups excluding carboxylic acids is 2. The van der Waals surface area contributed by atoms with Crippen molar-refractivity contribution in [2.24, 2.45) is 5.92 Å². The van der Waals surface area contributed by atoms with Gasteiger partial charge in [-0.1, -0.05) is 13.8 Å². The van der Waals surface area contributed by atoms with Gasteiger partial charge in [0.25, 0.3) is 5.91 Å². The van der Waals surface area contributed by atoms with E-state index in [9.17, 15) is 9.59 Å². The van der Waals surface area contributed by atoms with Crippen LogP contribution in [0.2, 0.25) is 0 Å². The van der Waals surface area contributed by atoms with Crippen molar-refractivity contribution in [3.63, 3.8) is 0 Å². The van der Waals surface area contributed by atoms with Crippen molar-refractivity contribution in [3.05, 3.63) is 24.3 Å². The molecule has 0 heterocycles. The number of hydrogen-bond donors (Lipinski definition) is 3. The van der Waals surface area contributed by atoms with Crippen molar-refractivity contribution in [1.82, 2.24) is 10.6 Å². The van der Waals surface area contributed by atoms with Gasteiger partial charge in [-0.15, -0.1) is 0 Å². The third-order valence-electron chi connectivity index (χ3n) is 2.44. The number of imide groups is 1. The van der Waals surface area contributed by atoms with Gasteiger partial charge in [0.2, 0.25) is 0 Å². The Balaban J connectivity index is 2.30. The molecule has 20 heavy (non-hydrogen) atoms. The minimum atomic E-state index is -0.502. The maximum absolute atomic E-state index is 11.5. The summed E-state index contributed by atoms with van der Waals surface area (Å²) in [6, 6.07) is 6.67. The van der Waals surface area contributed by atoms with E-state index in [0.717, 1.165) is 5.69 Å². The lowest BCUT2D eigenvalue weighted by Crippen LogP contribution is -2.42. The van der Waals surface area contributed by atoms with Crippen molar-refractivity contribution >= 4 is 17.6 Å². The maximum atomic E-state index is 11.5. The smallest absolute Gasteiger partial charge is 0.321 e. The van der Waals surface area contributed by atoms with E-state index in [0.29, 0.717) is 18.2 Å². The largest absolute Gasteiger partial charge is 0.484 e. The quantitative estimate of drug-likeness (QED) is 0.739. The molecule has 0 aliphatic heterocycles. The Morgan fingerprint density at radius 3 is 2.40 bits per heavy atom. The standard InChI is InChI=1S/C14H21N3O3/c1-10(2)8-16-14(19)17-13(18)9-20-12-6-4-11(15-3)5-7-12/h4-7,10,15H,8-9H2,1-3H3,(H2,16,17,18,19). The fourth-order valence-electron chi connectivity index (χ4n) is 1.37. The minimum Gasteiger partial charge on any atom is -0.484 e. The normalized spacial score (nSPS) is 10.0. The number of rotatable bonds is 6. The molecule has 0 atom stereocenters. The molecular weight excluding hydrogens is 258 g/mol. The lowest BCUT2D eigenvalue weighted by molar-refractivity contribution is -0.122. The van der Waals surface area contributed by atoms with Crippen LogP contribution in [-0.2, 0) is 4.79 Å². The SMILES string of the molecule is CNc1ccc(OCC(=O)NC(=O)NCC(C)C)cc1. The summed E-state index contributed by atoms with van der Waals surface area (Å²) in [7, 11) is 1.82. The van der Waals surface area contributed by atoms with Crippen LogP contribution in [0.4, 0.5) is 10.5 Å².